The van der Waals surface area contributed by atoms with E-state index in [2.05, 4.69) is 25.4 Å². The maximum absolute atomic E-state index is 12.1. The van der Waals surface area contributed by atoms with E-state index in [-0.39, 0.29) is 11.7 Å². The average Bonchev–Trinajstić information content (AvgIpc) is 3.15. The quantitative estimate of drug-likeness (QED) is 0.651. The maximum atomic E-state index is 12.1. The molecule has 3 rings (SSSR count). The van der Waals surface area contributed by atoms with E-state index in [1.807, 2.05) is 31.2 Å². The number of aryl methyl sites for hydroxylation is 1. The molecule has 0 spiro atoms. The van der Waals surface area contributed by atoms with Crippen LogP contribution in [0.25, 0.3) is 11.4 Å². The lowest BCUT2D eigenvalue weighted by Crippen LogP contribution is -2.24. The fourth-order valence-electron chi connectivity index (χ4n) is 2.07. The fourth-order valence-corrected chi connectivity index (χ4v) is 2.89. The van der Waals surface area contributed by atoms with E-state index in [1.54, 1.807) is 18.6 Å². The van der Waals surface area contributed by atoms with Crippen LogP contribution in [0.4, 0.5) is 0 Å². The monoisotopic (exact) mass is 355 g/mol. The zero-order chi connectivity index (χ0) is 17.5. The molecule has 128 valence electrons. The summed E-state index contributed by atoms with van der Waals surface area (Å²) in [6, 6.07) is 7.43. The van der Waals surface area contributed by atoms with E-state index >= 15 is 0 Å². The van der Waals surface area contributed by atoms with Gasteiger partial charge in [0.25, 0.3) is 0 Å². The van der Waals surface area contributed by atoms with Crippen LogP contribution < -0.4 is 5.32 Å². The molecule has 0 radical (unpaired) electrons. The van der Waals surface area contributed by atoms with E-state index in [0.29, 0.717) is 29.7 Å². The van der Waals surface area contributed by atoms with Gasteiger partial charge >= 0.3 is 0 Å². The first-order chi connectivity index (χ1) is 12.3. The van der Waals surface area contributed by atoms with Crippen LogP contribution >= 0.6 is 11.8 Å². The molecule has 0 aliphatic rings. The second-order valence-corrected chi connectivity index (χ2v) is 6.11. The normalized spacial score (nSPS) is 10.6. The smallest absolute Gasteiger partial charge is 0.230 e. The van der Waals surface area contributed by atoms with Gasteiger partial charge in [0.15, 0.2) is 0 Å². The SMILES string of the molecule is CCc1nc(-c2cccnc2SCC(=O)NCc2cccnc2)no1. The second kappa shape index (κ2) is 8.39. The van der Waals surface area contributed by atoms with Crippen molar-refractivity contribution in [3.05, 3.63) is 54.3 Å². The van der Waals surface area contributed by atoms with Crippen molar-refractivity contribution in [2.24, 2.45) is 0 Å². The summed E-state index contributed by atoms with van der Waals surface area (Å²) in [5.74, 6) is 1.24. The summed E-state index contributed by atoms with van der Waals surface area (Å²) in [7, 11) is 0. The molecule has 0 bridgehead atoms. The van der Waals surface area contributed by atoms with Crippen molar-refractivity contribution in [1.29, 1.82) is 0 Å². The molecule has 3 heterocycles. The molecule has 3 aromatic heterocycles. The number of hydrogen-bond donors (Lipinski definition) is 1. The Morgan fingerprint density at radius 1 is 1.28 bits per heavy atom. The topological polar surface area (TPSA) is 93.8 Å². The Kier molecular flexibility index (Phi) is 5.73. The first kappa shape index (κ1) is 17.1. The molecule has 0 atom stereocenters. The third-order valence-electron chi connectivity index (χ3n) is 3.34. The number of carbonyl (C=O) groups excluding carboxylic acids is 1. The molecule has 1 N–H and O–H groups in total. The van der Waals surface area contributed by atoms with Crippen LogP contribution in [-0.2, 0) is 17.8 Å². The molecule has 8 heteroatoms. The Balaban J connectivity index is 1.60. The highest BCUT2D eigenvalue weighted by molar-refractivity contribution is 8.00. The Bertz CT molecular complexity index is 838. The first-order valence-corrected chi connectivity index (χ1v) is 8.81. The molecule has 0 saturated carbocycles. The number of nitrogens with one attached hydrogen (secondary N) is 1. The van der Waals surface area contributed by atoms with E-state index < -0.39 is 0 Å². The molecular formula is C17H17N5O2S. The molecule has 3 aromatic rings. The number of carbonyl (C=O) groups is 1. The van der Waals surface area contributed by atoms with Gasteiger partial charge in [-0.05, 0) is 23.8 Å². The lowest BCUT2D eigenvalue weighted by Gasteiger charge is -2.06. The van der Waals surface area contributed by atoms with Gasteiger partial charge in [0.05, 0.1) is 11.3 Å². The molecule has 25 heavy (non-hydrogen) atoms. The van der Waals surface area contributed by atoms with Gasteiger partial charge in [-0.15, -0.1) is 0 Å². The Morgan fingerprint density at radius 2 is 2.16 bits per heavy atom. The predicted molar refractivity (Wildman–Crippen MR) is 93.7 cm³/mol. The van der Waals surface area contributed by atoms with Crippen LogP contribution in [0.15, 0.2) is 52.4 Å². The van der Waals surface area contributed by atoms with E-state index in [9.17, 15) is 4.79 Å². The van der Waals surface area contributed by atoms with Crippen molar-refractivity contribution in [3.8, 4) is 11.4 Å². The molecule has 0 aliphatic heterocycles. The number of amides is 1. The maximum Gasteiger partial charge on any atom is 0.230 e. The molecule has 0 aliphatic carbocycles. The largest absolute Gasteiger partial charge is 0.351 e. The third-order valence-corrected chi connectivity index (χ3v) is 4.34. The highest BCUT2D eigenvalue weighted by Crippen LogP contribution is 2.27. The third kappa shape index (κ3) is 4.63. The van der Waals surface area contributed by atoms with Gasteiger partial charge in [0, 0.05) is 31.6 Å². The van der Waals surface area contributed by atoms with Crippen LogP contribution in [0.5, 0.6) is 0 Å². The molecule has 7 nitrogen and oxygen atoms in total. The average molecular weight is 355 g/mol. The molecule has 0 aromatic carbocycles. The van der Waals surface area contributed by atoms with Gasteiger partial charge < -0.3 is 9.84 Å². The number of hydrogen-bond acceptors (Lipinski definition) is 7. The number of thioether (sulfide) groups is 1. The van der Waals surface area contributed by atoms with Gasteiger partial charge in [-0.3, -0.25) is 9.78 Å². The number of rotatable bonds is 7. The highest BCUT2D eigenvalue weighted by Gasteiger charge is 2.14. The summed E-state index contributed by atoms with van der Waals surface area (Å²) in [5, 5.41) is 7.54. The molecule has 1 amide bonds. The van der Waals surface area contributed by atoms with Gasteiger partial charge in [0.2, 0.25) is 17.6 Å². The van der Waals surface area contributed by atoms with Crippen LogP contribution in [0.2, 0.25) is 0 Å². The summed E-state index contributed by atoms with van der Waals surface area (Å²) in [6.45, 7) is 2.40. The summed E-state index contributed by atoms with van der Waals surface area (Å²) >= 11 is 1.34. The van der Waals surface area contributed by atoms with Gasteiger partial charge in [-0.2, -0.15) is 4.98 Å². The summed E-state index contributed by atoms with van der Waals surface area (Å²) in [4.78, 5) is 24.7. The Morgan fingerprint density at radius 3 is 2.92 bits per heavy atom. The van der Waals surface area contributed by atoms with E-state index in [4.69, 9.17) is 4.52 Å². The standard InChI is InChI=1S/C17H17N5O2S/c1-2-15-21-16(22-24-15)13-6-4-8-19-17(13)25-11-14(23)20-10-12-5-3-7-18-9-12/h3-9H,2,10-11H2,1H3,(H,20,23). The summed E-state index contributed by atoms with van der Waals surface area (Å²) < 4.78 is 5.15. The van der Waals surface area contributed by atoms with Crippen LogP contribution in [0.1, 0.15) is 18.4 Å². The zero-order valence-corrected chi connectivity index (χ0v) is 14.5. The fraction of sp³-hybridized carbons (Fsp3) is 0.235. The zero-order valence-electron chi connectivity index (χ0n) is 13.7. The van der Waals surface area contributed by atoms with Gasteiger partial charge in [-0.1, -0.05) is 29.9 Å². The first-order valence-electron chi connectivity index (χ1n) is 7.82. The Labute approximate surface area is 149 Å². The van der Waals surface area contributed by atoms with Crippen LogP contribution in [0, 0.1) is 0 Å². The minimum atomic E-state index is -0.0761. The number of nitrogens with zero attached hydrogens (tertiary/aromatic N) is 4. The number of pyridine rings is 2. The van der Waals surface area contributed by atoms with Crippen molar-refractivity contribution in [1.82, 2.24) is 25.4 Å². The molecular weight excluding hydrogens is 338 g/mol. The molecule has 0 unspecified atom stereocenters. The van der Waals surface area contributed by atoms with Crippen molar-refractivity contribution >= 4 is 17.7 Å². The summed E-state index contributed by atoms with van der Waals surface area (Å²) in [6.07, 6.45) is 5.78. The summed E-state index contributed by atoms with van der Waals surface area (Å²) in [5.41, 5.74) is 1.72. The van der Waals surface area contributed by atoms with Crippen molar-refractivity contribution in [2.75, 3.05) is 5.75 Å². The van der Waals surface area contributed by atoms with Crippen molar-refractivity contribution in [2.45, 2.75) is 24.9 Å². The predicted octanol–water partition coefficient (Wildman–Crippen LogP) is 2.50. The molecule has 0 fully saturated rings. The second-order valence-electron chi connectivity index (χ2n) is 5.15. The van der Waals surface area contributed by atoms with E-state index in [1.165, 1.54) is 11.8 Å². The Hall–Kier alpha value is -2.74. The minimum absolute atomic E-state index is 0.0761. The van der Waals surface area contributed by atoms with Crippen LogP contribution in [-0.4, -0.2) is 31.8 Å². The van der Waals surface area contributed by atoms with E-state index in [0.717, 1.165) is 11.1 Å². The highest BCUT2D eigenvalue weighted by atomic mass is 32.2. The van der Waals surface area contributed by atoms with Gasteiger partial charge in [-0.25, -0.2) is 4.98 Å². The van der Waals surface area contributed by atoms with Crippen molar-refractivity contribution in [3.63, 3.8) is 0 Å². The molecule has 0 saturated heterocycles. The van der Waals surface area contributed by atoms with Crippen LogP contribution in [0.3, 0.4) is 0 Å². The minimum Gasteiger partial charge on any atom is -0.351 e. The lowest BCUT2D eigenvalue weighted by molar-refractivity contribution is -0.118. The lowest BCUT2D eigenvalue weighted by atomic mass is 10.3. The van der Waals surface area contributed by atoms with Gasteiger partial charge in [0.1, 0.15) is 5.03 Å². The number of aromatic nitrogens is 4. The van der Waals surface area contributed by atoms with Crippen molar-refractivity contribution < 1.29 is 9.32 Å².